The molecular weight excluding hydrogens is 150 g/mol. The third-order valence-corrected chi connectivity index (χ3v) is 1.35. The van der Waals surface area contributed by atoms with Gasteiger partial charge in [-0.15, -0.1) is 0 Å². The Hall–Kier alpha value is -1.57. The number of hydrogen-bond acceptors (Lipinski definition) is 1. The maximum Gasteiger partial charge on any atom is 0.272 e. The molecule has 1 rings (SSSR count). The Morgan fingerprint density at radius 2 is 1.92 bits per heavy atom. The second kappa shape index (κ2) is 3.72. The fourth-order valence-corrected chi connectivity index (χ4v) is 0.715. The van der Waals surface area contributed by atoms with Crippen molar-refractivity contribution in [3.05, 3.63) is 42.5 Å². The van der Waals surface area contributed by atoms with E-state index in [4.69, 9.17) is 0 Å². The molecule has 2 heteroatoms. The van der Waals surface area contributed by atoms with E-state index in [-0.39, 0.29) is 5.91 Å². The summed E-state index contributed by atoms with van der Waals surface area (Å²) >= 11 is 0. The Kier molecular flexibility index (Phi) is 2.64. The van der Waals surface area contributed by atoms with Crippen molar-refractivity contribution in [1.82, 2.24) is 5.32 Å². The molecule has 61 valence electrons. The average molecular weight is 160 g/mol. The van der Waals surface area contributed by atoms with Crippen LogP contribution in [0.5, 0.6) is 0 Å². The molecule has 0 bridgehead atoms. The molecular formula is C10H10NO. The second-order valence-electron chi connectivity index (χ2n) is 2.53. The van der Waals surface area contributed by atoms with E-state index < -0.39 is 0 Å². The molecule has 2 nitrogen and oxygen atoms in total. The van der Waals surface area contributed by atoms with E-state index in [9.17, 15) is 4.79 Å². The molecule has 1 radical (unpaired) electrons. The van der Waals surface area contributed by atoms with Crippen LogP contribution in [0.3, 0.4) is 0 Å². The fraction of sp³-hybridized carbons (Fsp3) is 0.100. The summed E-state index contributed by atoms with van der Waals surface area (Å²) in [6.07, 6.45) is 0. The van der Waals surface area contributed by atoms with Gasteiger partial charge in [0.05, 0.1) is 5.69 Å². The van der Waals surface area contributed by atoms with Crippen molar-refractivity contribution in [1.29, 1.82) is 0 Å². The van der Waals surface area contributed by atoms with E-state index in [1.807, 2.05) is 18.2 Å². The highest BCUT2D eigenvalue weighted by Gasteiger charge is 2.02. The summed E-state index contributed by atoms with van der Waals surface area (Å²) < 4.78 is 0. The molecule has 0 aromatic heterocycles. The molecule has 0 saturated carbocycles. The lowest BCUT2D eigenvalue weighted by Crippen LogP contribution is -2.10. The molecule has 0 N–H and O–H groups in total. The van der Waals surface area contributed by atoms with Crippen molar-refractivity contribution in [3.63, 3.8) is 0 Å². The molecule has 12 heavy (non-hydrogen) atoms. The Labute approximate surface area is 71.9 Å². The van der Waals surface area contributed by atoms with Gasteiger partial charge in [0.25, 0.3) is 5.91 Å². The number of nitrogens with zero attached hydrogens (tertiary/aromatic N) is 1. The summed E-state index contributed by atoms with van der Waals surface area (Å²) in [6, 6.07) is 9.11. The number of amides is 1. The Morgan fingerprint density at radius 3 is 2.42 bits per heavy atom. The van der Waals surface area contributed by atoms with E-state index in [0.29, 0.717) is 11.3 Å². The van der Waals surface area contributed by atoms with Crippen LogP contribution in [0.4, 0.5) is 5.69 Å². The van der Waals surface area contributed by atoms with E-state index in [1.54, 1.807) is 19.1 Å². The predicted molar refractivity (Wildman–Crippen MR) is 48.1 cm³/mol. The molecule has 0 saturated heterocycles. The van der Waals surface area contributed by atoms with E-state index in [1.165, 1.54) is 0 Å². The van der Waals surface area contributed by atoms with Gasteiger partial charge in [0.15, 0.2) is 0 Å². The first-order chi connectivity index (χ1) is 5.70. The van der Waals surface area contributed by atoms with Crippen LogP contribution in [-0.2, 0) is 4.79 Å². The van der Waals surface area contributed by atoms with Crippen LogP contribution < -0.4 is 5.32 Å². The van der Waals surface area contributed by atoms with Gasteiger partial charge in [-0.05, 0) is 19.1 Å². The molecule has 0 spiro atoms. The van der Waals surface area contributed by atoms with Crippen molar-refractivity contribution in [2.75, 3.05) is 0 Å². The standard InChI is InChI=1S/C10H10NO/c1-8(2)10(12)11-9-6-4-3-5-7-9/h3-7H,1H2,2H3. The van der Waals surface area contributed by atoms with Crippen LogP contribution in [0.1, 0.15) is 6.92 Å². The summed E-state index contributed by atoms with van der Waals surface area (Å²) in [4.78, 5) is 11.0. The molecule has 1 aromatic rings. The highest BCUT2D eigenvalue weighted by atomic mass is 16.1. The largest absolute Gasteiger partial charge is 0.272 e. The van der Waals surface area contributed by atoms with Crippen molar-refractivity contribution < 1.29 is 4.79 Å². The van der Waals surface area contributed by atoms with Gasteiger partial charge in [0.2, 0.25) is 0 Å². The van der Waals surface area contributed by atoms with Crippen LogP contribution in [0.15, 0.2) is 42.5 Å². The van der Waals surface area contributed by atoms with Gasteiger partial charge < -0.3 is 0 Å². The fourth-order valence-electron chi connectivity index (χ4n) is 0.715. The Morgan fingerprint density at radius 1 is 1.33 bits per heavy atom. The lowest BCUT2D eigenvalue weighted by Gasteiger charge is -1.98. The van der Waals surface area contributed by atoms with Crippen LogP contribution >= 0.6 is 0 Å². The number of para-hydroxylation sites is 1. The first-order valence-electron chi connectivity index (χ1n) is 3.67. The van der Waals surface area contributed by atoms with Crippen molar-refractivity contribution >= 4 is 11.6 Å². The number of carbonyl (C=O) groups excluding carboxylic acids is 1. The third kappa shape index (κ3) is 2.23. The van der Waals surface area contributed by atoms with Gasteiger partial charge in [-0.2, -0.15) is 0 Å². The minimum absolute atomic E-state index is 0.263. The lowest BCUT2D eigenvalue weighted by atomic mass is 10.3. The summed E-state index contributed by atoms with van der Waals surface area (Å²) in [7, 11) is 0. The van der Waals surface area contributed by atoms with Crippen molar-refractivity contribution in [2.24, 2.45) is 0 Å². The molecule has 0 fully saturated rings. The Bertz CT molecular complexity index is 290. The highest BCUT2D eigenvalue weighted by Crippen LogP contribution is 2.06. The van der Waals surface area contributed by atoms with Gasteiger partial charge in [0.1, 0.15) is 0 Å². The molecule has 0 aliphatic heterocycles. The highest BCUT2D eigenvalue weighted by molar-refractivity contribution is 5.94. The van der Waals surface area contributed by atoms with E-state index in [0.717, 1.165) is 0 Å². The minimum Gasteiger partial charge on any atom is -0.267 e. The normalized spacial score (nSPS) is 9.08. The number of rotatable bonds is 2. The number of hydrogen-bond donors (Lipinski definition) is 0. The topological polar surface area (TPSA) is 31.2 Å². The zero-order chi connectivity index (χ0) is 8.97. The quantitative estimate of drug-likeness (QED) is 0.609. The maximum absolute atomic E-state index is 11.0. The zero-order valence-corrected chi connectivity index (χ0v) is 6.95. The summed E-state index contributed by atoms with van der Waals surface area (Å²) in [5.41, 5.74) is 1.13. The monoisotopic (exact) mass is 160 g/mol. The lowest BCUT2D eigenvalue weighted by molar-refractivity contribution is -0.116. The number of benzene rings is 1. The third-order valence-electron chi connectivity index (χ3n) is 1.35. The first kappa shape index (κ1) is 8.53. The van der Waals surface area contributed by atoms with Crippen LogP contribution in [0.25, 0.3) is 0 Å². The average Bonchev–Trinajstić information content (AvgIpc) is 2.06. The summed E-state index contributed by atoms with van der Waals surface area (Å²) in [6.45, 7) is 5.16. The Balaban J connectivity index is 2.65. The summed E-state index contributed by atoms with van der Waals surface area (Å²) in [5, 5.41) is 3.82. The van der Waals surface area contributed by atoms with Crippen LogP contribution in [0, 0.1) is 0 Å². The summed E-state index contributed by atoms with van der Waals surface area (Å²) in [5.74, 6) is -0.263. The zero-order valence-electron chi connectivity index (χ0n) is 6.95. The maximum atomic E-state index is 11.0. The van der Waals surface area contributed by atoms with Gasteiger partial charge in [-0.25, -0.2) is 5.32 Å². The molecule has 1 amide bonds. The molecule has 0 aliphatic rings. The van der Waals surface area contributed by atoms with Crippen LogP contribution in [0.2, 0.25) is 0 Å². The van der Waals surface area contributed by atoms with Gasteiger partial charge >= 0.3 is 0 Å². The SMILES string of the molecule is C=C(C)C(=O)[N]c1ccccc1. The predicted octanol–water partition coefficient (Wildman–Crippen LogP) is 2.03. The van der Waals surface area contributed by atoms with Gasteiger partial charge in [-0.1, -0.05) is 24.8 Å². The molecule has 1 aromatic carbocycles. The molecule has 0 aliphatic carbocycles. The van der Waals surface area contributed by atoms with Crippen LogP contribution in [-0.4, -0.2) is 5.91 Å². The van der Waals surface area contributed by atoms with Crippen molar-refractivity contribution in [3.8, 4) is 0 Å². The molecule has 0 unspecified atom stereocenters. The van der Waals surface area contributed by atoms with Crippen molar-refractivity contribution in [2.45, 2.75) is 6.92 Å². The molecule has 0 atom stereocenters. The second-order valence-corrected chi connectivity index (χ2v) is 2.53. The smallest absolute Gasteiger partial charge is 0.267 e. The van der Waals surface area contributed by atoms with Gasteiger partial charge in [-0.3, -0.25) is 4.79 Å². The molecule has 0 heterocycles. The van der Waals surface area contributed by atoms with E-state index >= 15 is 0 Å². The van der Waals surface area contributed by atoms with Gasteiger partial charge in [0, 0.05) is 5.57 Å². The first-order valence-corrected chi connectivity index (χ1v) is 3.67. The van der Waals surface area contributed by atoms with E-state index in [2.05, 4.69) is 11.9 Å². The minimum atomic E-state index is -0.263. The number of carbonyl (C=O) groups is 1.